The predicted octanol–water partition coefficient (Wildman–Crippen LogP) is 3.43. The summed E-state index contributed by atoms with van der Waals surface area (Å²) in [7, 11) is 0. The maximum atomic E-state index is 12.8. The smallest absolute Gasteiger partial charge is 0.255 e. The second-order valence-corrected chi connectivity index (χ2v) is 4.44. The number of anilines is 2. The quantitative estimate of drug-likeness (QED) is 0.904. The molecular formula is C16H15FN2O2. The van der Waals surface area contributed by atoms with E-state index in [9.17, 15) is 14.0 Å². The van der Waals surface area contributed by atoms with Gasteiger partial charge in [-0.15, -0.1) is 0 Å². The molecule has 0 aliphatic heterocycles. The second-order valence-electron chi connectivity index (χ2n) is 4.44. The van der Waals surface area contributed by atoms with Crippen LogP contribution in [0.1, 0.15) is 23.7 Å². The van der Waals surface area contributed by atoms with Crippen molar-refractivity contribution in [1.82, 2.24) is 0 Å². The van der Waals surface area contributed by atoms with Crippen LogP contribution in [0.25, 0.3) is 0 Å². The van der Waals surface area contributed by atoms with Crippen LogP contribution in [0.4, 0.5) is 15.8 Å². The van der Waals surface area contributed by atoms with Crippen molar-refractivity contribution in [2.45, 2.75) is 13.3 Å². The van der Waals surface area contributed by atoms with Crippen molar-refractivity contribution in [2.75, 3.05) is 10.6 Å². The molecule has 0 atom stereocenters. The van der Waals surface area contributed by atoms with Gasteiger partial charge in [0.05, 0.1) is 0 Å². The third-order valence-electron chi connectivity index (χ3n) is 2.85. The van der Waals surface area contributed by atoms with E-state index in [1.165, 1.54) is 24.3 Å². The van der Waals surface area contributed by atoms with Crippen molar-refractivity contribution in [2.24, 2.45) is 0 Å². The van der Waals surface area contributed by atoms with Crippen LogP contribution in [0.15, 0.2) is 48.5 Å². The van der Waals surface area contributed by atoms with Gasteiger partial charge in [-0.1, -0.05) is 6.92 Å². The first-order valence-corrected chi connectivity index (χ1v) is 6.55. The van der Waals surface area contributed by atoms with Crippen LogP contribution in [0.2, 0.25) is 0 Å². The first kappa shape index (κ1) is 14.7. The Morgan fingerprint density at radius 3 is 2.00 bits per heavy atom. The fourth-order valence-corrected chi connectivity index (χ4v) is 1.69. The fourth-order valence-electron chi connectivity index (χ4n) is 1.69. The topological polar surface area (TPSA) is 58.2 Å². The molecule has 0 aliphatic rings. The Morgan fingerprint density at radius 1 is 0.905 bits per heavy atom. The first-order chi connectivity index (χ1) is 10.1. The predicted molar refractivity (Wildman–Crippen MR) is 79.7 cm³/mol. The van der Waals surface area contributed by atoms with Gasteiger partial charge in [-0.25, -0.2) is 4.39 Å². The number of halogens is 1. The van der Waals surface area contributed by atoms with Crippen molar-refractivity contribution < 1.29 is 14.0 Å². The zero-order chi connectivity index (χ0) is 15.2. The summed E-state index contributed by atoms with van der Waals surface area (Å²) in [6.07, 6.45) is 0.396. The van der Waals surface area contributed by atoms with Crippen molar-refractivity contribution in [3.05, 3.63) is 59.9 Å². The summed E-state index contributed by atoms with van der Waals surface area (Å²) in [5, 5.41) is 5.37. The highest BCUT2D eigenvalue weighted by Gasteiger charge is 2.06. The molecule has 0 aliphatic carbocycles. The maximum absolute atomic E-state index is 12.8. The number of nitrogens with one attached hydrogen (secondary N) is 2. The summed E-state index contributed by atoms with van der Waals surface area (Å²) >= 11 is 0. The molecule has 2 aromatic carbocycles. The molecule has 2 aromatic rings. The summed E-state index contributed by atoms with van der Waals surface area (Å²) in [4.78, 5) is 23.2. The molecule has 0 aromatic heterocycles. The minimum Gasteiger partial charge on any atom is -0.326 e. The van der Waals surface area contributed by atoms with Crippen LogP contribution in [0.3, 0.4) is 0 Å². The van der Waals surface area contributed by atoms with E-state index in [0.29, 0.717) is 23.4 Å². The standard InChI is InChI=1S/C16H15FN2O2/c1-2-15(20)18-13-7-3-11(4-8-13)16(21)19-14-9-5-12(17)6-10-14/h3-10H,2H2,1H3,(H,18,20)(H,19,21). The van der Waals surface area contributed by atoms with E-state index in [1.54, 1.807) is 31.2 Å². The lowest BCUT2D eigenvalue weighted by molar-refractivity contribution is -0.115. The van der Waals surface area contributed by atoms with Crippen molar-refractivity contribution in [3.63, 3.8) is 0 Å². The van der Waals surface area contributed by atoms with E-state index in [4.69, 9.17) is 0 Å². The number of amides is 2. The highest BCUT2D eigenvalue weighted by Crippen LogP contribution is 2.13. The molecule has 108 valence electrons. The van der Waals surface area contributed by atoms with E-state index in [1.807, 2.05) is 0 Å². The molecule has 0 heterocycles. The number of benzene rings is 2. The molecule has 2 amide bonds. The normalized spacial score (nSPS) is 10.0. The summed E-state index contributed by atoms with van der Waals surface area (Å²) in [6.45, 7) is 1.76. The molecule has 2 N–H and O–H groups in total. The first-order valence-electron chi connectivity index (χ1n) is 6.55. The number of rotatable bonds is 4. The molecule has 0 saturated carbocycles. The monoisotopic (exact) mass is 286 g/mol. The number of carbonyl (C=O) groups is 2. The SMILES string of the molecule is CCC(=O)Nc1ccc(C(=O)Nc2ccc(F)cc2)cc1. The maximum Gasteiger partial charge on any atom is 0.255 e. The van der Waals surface area contributed by atoms with Crippen LogP contribution >= 0.6 is 0 Å². The van der Waals surface area contributed by atoms with Crippen molar-refractivity contribution >= 4 is 23.2 Å². The summed E-state index contributed by atoms with van der Waals surface area (Å²) in [6, 6.07) is 12.1. The molecule has 4 nitrogen and oxygen atoms in total. The number of hydrogen-bond donors (Lipinski definition) is 2. The Morgan fingerprint density at radius 2 is 1.43 bits per heavy atom. The van der Waals surface area contributed by atoms with Gasteiger partial charge in [0.25, 0.3) is 5.91 Å². The van der Waals surface area contributed by atoms with Gasteiger partial charge in [-0.05, 0) is 48.5 Å². The van der Waals surface area contributed by atoms with Gasteiger partial charge >= 0.3 is 0 Å². The van der Waals surface area contributed by atoms with Gasteiger partial charge in [-0.2, -0.15) is 0 Å². The van der Waals surface area contributed by atoms with Crippen LogP contribution in [0.5, 0.6) is 0 Å². The third kappa shape index (κ3) is 4.14. The Hall–Kier alpha value is -2.69. The summed E-state index contributed by atoms with van der Waals surface area (Å²) < 4.78 is 12.8. The molecule has 0 saturated heterocycles. The Kier molecular flexibility index (Phi) is 4.66. The van der Waals surface area contributed by atoms with Gasteiger partial charge in [-0.3, -0.25) is 9.59 Å². The summed E-state index contributed by atoms with van der Waals surface area (Å²) in [5.41, 5.74) is 1.61. The Balaban J connectivity index is 2.02. The molecule has 0 radical (unpaired) electrons. The zero-order valence-electron chi connectivity index (χ0n) is 11.5. The lowest BCUT2D eigenvalue weighted by Crippen LogP contribution is -2.13. The Bertz CT molecular complexity index is 636. The van der Waals surface area contributed by atoms with Crippen LogP contribution in [-0.4, -0.2) is 11.8 Å². The highest BCUT2D eigenvalue weighted by atomic mass is 19.1. The summed E-state index contributed by atoms with van der Waals surface area (Å²) in [5.74, 6) is -0.738. The van der Waals surface area contributed by atoms with Gasteiger partial charge in [0.2, 0.25) is 5.91 Å². The van der Waals surface area contributed by atoms with E-state index in [-0.39, 0.29) is 17.6 Å². The highest BCUT2D eigenvalue weighted by molar-refractivity contribution is 6.04. The molecule has 0 spiro atoms. The largest absolute Gasteiger partial charge is 0.326 e. The van der Waals surface area contributed by atoms with E-state index in [2.05, 4.69) is 10.6 Å². The molecule has 0 unspecified atom stereocenters. The molecule has 21 heavy (non-hydrogen) atoms. The molecular weight excluding hydrogens is 271 g/mol. The van der Waals surface area contributed by atoms with Gasteiger partial charge in [0.15, 0.2) is 0 Å². The van der Waals surface area contributed by atoms with Crippen molar-refractivity contribution in [3.8, 4) is 0 Å². The van der Waals surface area contributed by atoms with E-state index < -0.39 is 0 Å². The third-order valence-corrected chi connectivity index (χ3v) is 2.85. The van der Waals surface area contributed by atoms with E-state index >= 15 is 0 Å². The lowest BCUT2D eigenvalue weighted by Gasteiger charge is -2.07. The van der Waals surface area contributed by atoms with Gasteiger partial charge in [0.1, 0.15) is 5.82 Å². The van der Waals surface area contributed by atoms with Crippen LogP contribution < -0.4 is 10.6 Å². The van der Waals surface area contributed by atoms with Gasteiger partial charge < -0.3 is 10.6 Å². The van der Waals surface area contributed by atoms with Crippen molar-refractivity contribution in [1.29, 1.82) is 0 Å². The van der Waals surface area contributed by atoms with Crippen LogP contribution in [-0.2, 0) is 4.79 Å². The minimum absolute atomic E-state index is 0.0847. The second kappa shape index (κ2) is 6.65. The molecule has 5 heteroatoms. The number of hydrogen-bond acceptors (Lipinski definition) is 2. The molecule has 0 bridgehead atoms. The average molecular weight is 286 g/mol. The number of carbonyl (C=O) groups excluding carboxylic acids is 2. The fraction of sp³-hybridized carbons (Fsp3) is 0.125. The average Bonchev–Trinajstić information content (AvgIpc) is 2.50. The van der Waals surface area contributed by atoms with Gasteiger partial charge in [0, 0.05) is 23.4 Å². The molecule has 0 fully saturated rings. The van der Waals surface area contributed by atoms with E-state index in [0.717, 1.165) is 0 Å². The Labute approximate surface area is 122 Å². The zero-order valence-corrected chi connectivity index (χ0v) is 11.5. The minimum atomic E-state index is -0.357. The van der Waals surface area contributed by atoms with Crippen LogP contribution in [0, 0.1) is 5.82 Å². The lowest BCUT2D eigenvalue weighted by atomic mass is 10.2. The molecule has 2 rings (SSSR count).